The standard InChI is InChI=1S/C17H18N4O3/c1-10-7-11(2)19-16-13(10)14-15(24-16)17(23)21(9-18-14)8-12(22)20-5-3-4-6-20/h7,9H,3-6,8H2,1-2H3. The molecule has 24 heavy (non-hydrogen) atoms. The van der Waals surface area contributed by atoms with Crippen LogP contribution in [-0.4, -0.2) is 38.4 Å². The van der Waals surface area contributed by atoms with Crippen molar-refractivity contribution in [3.63, 3.8) is 0 Å². The third-order valence-electron chi connectivity index (χ3n) is 4.51. The Kier molecular flexibility index (Phi) is 3.37. The molecule has 7 nitrogen and oxygen atoms in total. The summed E-state index contributed by atoms with van der Waals surface area (Å²) in [6, 6.07) is 1.93. The van der Waals surface area contributed by atoms with E-state index in [0.29, 0.717) is 11.2 Å². The van der Waals surface area contributed by atoms with Crippen molar-refractivity contribution in [2.75, 3.05) is 13.1 Å². The summed E-state index contributed by atoms with van der Waals surface area (Å²) in [7, 11) is 0. The first kappa shape index (κ1) is 14.9. The highest BCUT2D eigenvalue weighted by atomic mass is 16.3. The van der Waals surface area contributed by atoms with Crippen LogP contribution in [0.15, 0.2) is 21.6 Å². The van der Waals surface area contributed by atoms with Crippen molar-refractivity contribution in [1.82, 2.24) is 19.4 Å². The second-order valence-electron chi connectivity index (χ2n) is 6.31. The maximum Gasteiger partial charge on any atom is 0.297 e. The third kappa shape index (κ3) is 2.28. The van der Waals surface area contributed by atoms with E-state index < -0.39 is 0 Å². The number of rotatable bonds is 2. The van der Waals surface area contributed by atoms with Crippen LogP contribution in [0.2, 0.25) is 0 Å². The van der Waals surface area contributed by atoms with Crippen molar-refractivity contribution in [2.45, 2.75) is 33.2 Å². The van der Waals surface area contributed by atoms with Crippen molar-refractivity contribution in [2.24, 2.45) is 0 Å². The zero-order valence-electron chi connectivity index (χ0n) is 13.7. The lowest BCUT2D eigenvalue weighted by Crippen LogP contribution is -2.34. The van der Waals surface area contributed by atoms with E-state index in [0.717, 1.165) is 42.6 Å². The predicted molar refractivity (Wildman–Crippen MR) is 88.9 cm³/mol. The Morgan fingerprint density at radius 2 is 2.04 bits per heavy atom. The molecule has 7 heteroatoms. The summed E-state index contributed by atoms with van der Waals surface area (Å²) in [6.07, 6.45) is 3.46. The van der Waals surface area contributed by atoms with Crippen LogP contribution in [0.25, 0.3) is 22.2 Å². The summed E-state index contributed by atoms with van der Waals surface area (Å²) in [5, 5.41) is 0.755. The van der Waals surface area contributed by atoms with E-state index >= 15 is 0 Å². The number of carbonyl (C=O) groups excluding carboxylic acids is 1. The number of amides is 1. The molecule has 1 fully saturated rings. The number of fused-ring (bicyclic) bond motifs is 3. The Morgan fingerprint density at radius 1 is 1.29 bits per heavy atom. The van der Waals surface area contributed by atoms with E-state index in [4.69, 9.17) is 4.42 Å². The van der Waals surface area contributed by atoms with E-state index in [2.05, 4.69) is 9.97 Å². The first-order valence-electron chi connectivity index (χ1n) is 8.08. The molecular weight excluding hydrogens is 308 g/mol. The Labute approximate surface area is 137 Å². The molecule has 4 rings (SSSR count). The normalized spacial score (nSPS) is 14.8. The highest BCUT2D eigenvalue weighted by molar-refractivity contribution is 6.02. The van der Waals surface area contributed by atoms with Crippen LogP contribution in [0.1, 0.15) is 24.1 Å². The van der Waals surface area contributed by atoms with Gasteiger partial charge in [0.15, 0.2) is 0 Å². The van der Waals surface area contributed by atoms with Gasteiger partial charge in [-0.3, -0.25) is 14.2 Å². The number of furan rings is 1. The van der Waals surface area contributed by atoms with Crippen LogP contribution in [0.4, 0.5) is 0 Å². The quantitative estimate of drug-likeness (QED) is 0.717. The number of hydrogen-bond donors (Lipinski definition) is 0. The van der Waals surface area contributed by atoms with Crippen molar-refractivity contribution in [3.05, 3.63) is 34.0 Å². The molecule has 1 aliphatic heterocycles. The Bertz CT molecular complexity index is 1010. The van der Waals surface area contributed by atoms with E-state index in [1.807, 2.05) is 19.9 Å². The maximum atomic E-state index is 12.7. The number of likely N-dealkylation sites (tertiary alicyclic amines) is 1. The lowest BCUT2D eigenvalue weighted by Gasteiger charge is -2.15. The van der Waals surface area contributed by atoms with Gasteiger partial charge < -0.3 is 9.32 Å². The van der Waals surface area contributed by atoms with E-state index in [-0.39, 0.29) is 23.6 Å². The molecule has 0 bridgehead atoms. The molecule has 3 aromatic heterocycles. The van der Waals surface area contributed by atoms with Gasteiger partial charge in [0.1, 0.15) is 12.1 Å². The monoisotopic (exact) mass is 326 g/mol. The van der Waals surface area contributed by atoms with Crippen molar-refractivity contribution in [1.29, 1.82) is 0 Å². The summed E-state index contributed by atoms with van der Waals surface area (Å²) in [5.41, 5.74) is 2.52. The summed E-state index contributed by atoms with van der Waals surface area (Å²) >= 11 is 0. The average Bonchev–Trinajstić information content (AvgIpc) is 3.17. The second-order valence-corrected chi connectivity index (χ2v) is 6.31. The number of aryl methyl sites for hydroxylation is 2. The third-order valence-corrected chi connectivity index (χ3v) is 4.51. The molecule has 0 atom stereocenters. The SMILES string of the molecule is Cc1cc(C)c2c(n1)oc1c(=O)n(CC(=O)N3CCCC3)cnc12. The minimum atomic E-state index is -0.345. The molecule has 0 unspecified atom stereocenters. The topological polar surface area (TPSA) is 81.2 Å². The number of aromatic nitrogens is 3. The van der Waals surface area contributed by atoms with Gasteiger partial charge in [0.05, 0.1) is 11.7 Å². The number of pyridine rings is 1. The van der Waals surface area contributed by atoms with Crippen LogP contribution in [0.5, 0.6) is 0 Å². The molecular formula is C17H18N4O3. The fourth-order valence-electron chi connectivity index (χ4n) is 3.33. The van der Waals surface area contributed by atoms with Gasteiger partial charge >= 0.3 is 0 Å². The molecule has 0 aromatic carbocycles. The van der Waals surface area contributed by atoms with Gasteiger partial charge in [0, 0.05) is 18.8 Å². The van der Waals surface area contributed by atoms with Gasteiger partial charge in [-0.1, -0.05) is 0 Å². The molecule has 0 N–H and O–H groups in total. The maximum absolute atomic E-state index is 12.7. The fraction of sp³-hybridized carbons (Fsp3) is 0.412. The number of nitrogens with zero attached hydrogens (tertiary/aromatic N) is 4. The zero-order chi connectivity index (χ0) is 16.8. The van der Waals surface area contributed by atoms with Crippen molar-refractivity contribution < 1.29 is 9.21 Å². The summed E-state index contributed by atoms with van der Waals surface area (Å²) in [5.74, 6) is -0.0583. The summed E-state index contributed by atoms with van der Waals surface area (Å²) < 4.78 is 6.97. The van der Waals surface area contributed by atoms with Gasteiger partial charge in [-0.15, -0.1) is 0 Å². The predicted octanol–water partition coefficient (Wildman–Crippen LogP) is 1.78. The van der Waals surface area contributed by atoms with Gasteiger partial charge in [0.25, 0.3) is 5.56 Å². The van der Waals surface area contributed by atoms with Crippen molar-refractivity contribution in [3.8, 4) is 0 Å². The Morgan fingerprint density at radius 3 is 2.79 bits per heavy atom. The molecule has 1 aliphatic rings. The van der Waals surface area contributed by atoms with Gasteiger partial charge in [-0.25, -0.2) is 9.97 Å². The molecule has 0 aliphatic carbocycles. The number of hydrogen-bond acceptors (Lipinski definition) is 5. The molecule has 1 saturated heterocycles. The summed E-state index contributed by atoms with van der Waals surface area (Å²) in [6.45, 7) is 5.33. The van der Waals surface area contributed by atoms with E-state index in [1.165, 1.54) is 10.9 Å². The highest BCUT2D eigenvalue weighted by Crippen LogP contribution is 2.26. The fourth-order valence-corrected chi connectivity index (χ4v) is 3.33. The average molecular weight is 326 g/mol. The van der Waals surface area contributed by atoms with E-state index in [9.17, 15) is 9.59 Å². The molecule has 0 spiro atoms. The van der Waals surface area contributed by atoms with Gasteiger partial charge in [-0.2, -0.15) is 0 Å². The van der Waals surface area contributed by atoms with E-state index in [1.54, 1.807) is 4.90 Å². The smallest absolute Gasteiger partial charge is 0.297 e. The largest absolute Gasteiger partial charge is 0.430 e. The second kappa shape index (κ2) is 5.43. The molecule has 0 saturated carbocycles. The highest BCUT2D eigenvalue weighted by Gasteiger charge is 2.21. The van der Waals surface area contributed by atoms with Crippen molar-refractivity contribution >= 4 is 28.1 Å². The zero-order valence-corrected chi connectivity index (χ0v) is 13.7. The summed E-state index contributed by atoms with van der Waals surface area (Å²) in [4.78, 5) is 35.4. The van der Waals surface area contributed by atoms with Gasteiger partial charge in [-0.05, 0) is 38.3 Å². The molecule has 3 aromatic rings. The van der Waals surface area contributed by atoms with Crippen LogP contribution in [0, 0.1) is 13.8 Å². The molecule has 0 radical (unpaired) electrons. The first-order chi connectivity index (χ1) is 11.5. The lowest BCUT2D eigenvalue weighted by molar-refractivity contribution is -0.130. The van der Waals surface area contributed by atoms with Crippen LogP contribution >= 0.6 is 0 Å². The minimum absolute atomic E-state index is 0.00967. The van der Waals surface area contributed by atoms with Crippen LogP contribution in [0.3, 0.4) is 0 Å². The van der Waals surface area contributed by atoms with Gasteiger partial charge in [0.2, 0.25) is 17.2 Å². The molecule has 124 valence electrons. The Hall–Kier alpha value is -2.70. The lowest BCUT2D eigenvalue weighted by atomic mass is 10.1. The van der Waals surface area contributed by atoms with Crippen LogP contribution in [-0.2, 0) is 11.3 Å². The first-order valence-corrected chi connectivity index (χ1v) is 8.08. The Balaban J connectivity index is 1.80. The number of carbonyl (C=O) groups is 1. The minimum Gasteiger partial charge on any atom is -0.430 e. The molecule has 4 heterocycles. The van der Waals surface area contributed by atoms with Crippen LogP contribution < -0.4 is 5.56 Å². The molecule has 1 amide bonds.